The topological polar surface area (TPSA) is 21.6 Å². The number of rotatable bonds is 6. The monoisotopic (exact) mass is 241 g/mol. The second kappa shape index (κ2) is 10.4. The summed E-state index contributed by atoms with van der Waals surface area (Å²) in [5.41, 5.74) is 0.251. The molecule has 0 unspecified atom stereocenters. The Hall–Kier alpha value is -0.790. The van der Waals surface area contributed by atoms with Crippen LogP contribution in [0, 0.1) is 5.41 Å². The van der Waals surface area contributed by atoms with Crippen LogP contribution in [0.4, 0.5) is 0 Å². The summed E-state index contributed by atoms with van der Waals surface area (Å²) in [6.07, 6.45) is 3.97. The van der Waals surface area contributed by atoms with E-state index in [4.69, 9.17) is 4.74 Å². The van der Waals surface area contributed by atoms with Gasteiger partial charge in [-0.05, 0) is 11.8 Å². The maximum atomic E-state index is 5.63. The number of aliphatic imine (C=N–C) groups is 1. The third-order valence-corrected chi connectivity index (χ3v) is 2.63. The summed E-state index contributed by atoms with van der Waals surface area (Å²) in [6, 6.07) is 0. The first-order valence-corrected chi connectivity index (χ1v) is 6.76. The van der Waals surface area contributed by atoms with Crippen molar-refractivity contribution in [2.45, 2.75) is 67.2 Å². The SMILES string of the molecule is C=C(CCC)OC(CC(C)(C)CC)=NC.CC. The second-order valence-electron chi connectivity index (χ2n) is 4.70. The lowest BCUT2D eigenvalue weighted by atomic mass is 9.86. The molecule has 0 aromatic heterocycles. The van der Waals surface area contributed by atoms with Gasteiger partial charge in [-0.1, -0.05) is 54.5 Å². The first kappa shape index (κ1) is 18.6. The van der Waals surface area contributed by atoms with Gasteiger partial charge in [-0.3, -0.25) is 4.99 Å². The van der Waals surface area contributed by atoms with Crippen molar-refractivity contribution >= 4 is 5.90 Å². The molecule has 0 radical (unpaired) electrons. The predicted molar refractivity (Wildman–Crippen MR) is 78.5 cm³/mol. The van der Waals surface area contributed by atoms with Gasteiger partial charge in [0.05, 0.1) is 5.76 Å². The molecule has 0 atom stereocenters. The fourth-order valence-electron chi connectivity index (χ4n) is 1.19. The van der Waals surface area contributed by atoms with Crippen LogP contribution in [-0.4, -0.2) is 12.9 Å². The van der Waals surface area contributed by atoms with Gasteiger partial charge in [0.2, 0.25) is 0 Å². The van der Waals surface area contributed by atoms with Crippen LogP contribution in [-0.2, 0) is 4.74 Å². The van der Waals surface area contributed by atoms with Crippen LogP contribution < -0.4 is 0 Å². The van der Waals surface area contributed by atoms with Gasteiger partial charge in [-0.25, -0.2) is 0 Å². The van der Waals surface area contributed by atoms with Crippen LogP contribution in [0.2, 0.25) is 0 Å². The number of hydrogen-bond donors (Lipinski definition) is 0. The molecule has 0 aromatic rings. The molecule has 0 saturated heterocycles. The molecular formula is C15H31NO. The van der Waals surface area contributed by atoms with E-state index in [1.165, 1.54) is 0 Å². The van der Waals surface area contributed by atoms with Crippen molar-refractivity contribution in [3.8, 4) is 0 Å². The Morgan fingerprint density at radius 3 is 2.12 bits per heavy atom. The summed E-state index contributed by atoms with van der Waals surface area (Å²) < 4.78 is 5.63. The molecular weight excluding hydrogens is 210 g/mol. The van der Waals surface area contributed by atoms with Gasteiger partial charge in [-0.15, -0.1) is 0 Å². The van der Waals surface area contributed by atoms with E-state index in [9.17, 15) is 0 Å². The summed E-state index contributed by atoms with van der Waals surface area (Å²) in [4.78, 5) is 4.18. The smallest absolute Gasteiger partial charge is 0.189 e. The quantitative estimate of drug-likeness (QED) is 0.356. The van der Waals surface area contributed by atoms with Crippen LogP contribution in [0.15, 0.2) is 17.3 Å². The minimum absolute atomic E-state index is 0.251. The van der Waals surface area contributed by atoms with Crippen LogP contribution >= 0.6 is 0 Å². The zero-order valence-electron chi connectivity index (χ0n) is 12.9. The van der Waals surface area contributed by atoms with Crippen molar-refractivity contribution in [2.75, 3.05) is 7.05 Å². The molecule has 0 bridgehead atoms. The molecule has 0 saturated carbocycles. The molecule has 2 nitrogen and oxygen atoms in total. The highest BCUT2D eigenvalue weighted by Crippen LogP contribution is 2.26. The molecule has 0 aliphatic rings. The Labute approximate surface area is 108 Å². The molecule has 0 N–H and O–H groups in total. The van der Waals surface area contributed by atoms with E-state index in [1.54, 1.807) is 7.05 Å². The van der Waals surface area contributed by atoms with Gasteiger partial charge in [0, 0.05) is 19.9 Å². The number of nitrogens with zero attached hydrogens (tertiary/aromatic N) is 1. The average molecular weight is 241 g/mol. The standard InChI is InChI=1S/C13H25NO.C2H6/c1-7-9-11(3)15-12(14-6)10-13(4,5)8-2;1-2/h3,7-10H2,1-2,4-6H3;1-2H3. The highest BCUT2D eigenvalue weighted by molar-refractivity contribution is 5.77. The van der Waals surface area contributed by atoms with Crippen molar-refractivity contribution < 1.29 is 4.74 Å². The van der Waals surface area contributed by atoms with E-state index in [0.29, 0.717) is 0 Å². The highest BCUT2D eigenvalue weighted by atomic mass is 16.5. The van der Waals surface area contributed by atoms with E-state index < -0.39 is 0 Å². The first-order valence-electron chi connectivity index (χ1n) is 6.76. The van der Waals surface area contributed by atoms with Gasteiger partial charge in [0.1, 0.15) is 0 Å². The summed E-state index contributed by atoms with van der Waals surface area (Å²) in [5.74, 6) is 1.63. The van der Waals surface area contributed by atoms with E-state index in [2.05, 4.69) is 39.3 Å². The number of ether oxygens (including phenoxy) is 1. The highest BCUT2D eigenvalue weighted by Gasteiger charge is 2.19. The zero-order valence-corrected chi connectivity index (χ0v) is 12.9. The Bertz CT molecular complexity index is 229. The third kappa shape index (κ3) is 10.1. The molecule has 0 aromatic carbocycles. The summed E-state index contributed by atoms with van der Waals surface area (Å²) in [7, 11) is 1.78. The van der Waals surface area contributed by atoms with Crippen molar-refractivity contribution in [1.82, 2.24) is 0 Å². The van der Waals surface area contributed by atoms with Crippen LogP contribution in [0.3, 0.4) is 0 Å². The fraction of sp³-hybridized carbons (Fsp3) is 0.800. The minimum Gasteiger partial charge on any atom is -0.448 e. The van der Waals surface area contributed by atoms with Gasteiger partial charge < -0.3 is 4.74 Å². The Morgan fingerprint density at radius 1 is 1.24 bits per heavy atom. The van der Waals surface area contributed by atoms with E-state index in [0.717, 1.165) is 37.3 Å². The molecule has 0 amide bonds. The van der Waals surface area contributed by atoms with Crippen molar-refractivity contribution in [3.05, 3.63) is 12.3 Å². The fourth-order valence-corrected chi connectivity index (χ4v) is 1.19. The molecule has 17 heavy (non-hydrogen) atoms. The predicted octanol–water partition coefficient (Wildman–Crippen LogP) is 5.20. The van der Waals surface area contributed by atoms with E-state index >= 15 is 0 Å². The average Bonchev–Trinajstić information content (AvgIpc) is 2.31. The lowest BCUT2D eigenvalue weighted by molar-refractivity contribution is 0.313. The molecule has 102 valence electrons. The molecule has 2 heteroatoms. The van der Waals surface area contributed by atoms with Crippen LogP contribution in [0.25, 0.3) is 0 Å². The molecule has 0 rings (SSSR count). The van der Waals surface area contributed by atoms with Crippen molar-refractivity contribution in [2.24, 2.45) is 10.4 Å². The maximum Gasteiger partial charge on any atom is 0.189 e. The lowest BCUT2D eigenvalue weighted by Gasteiger charge is -2.23. The van der Waals surface area contributed by atoms with Gasteiger partial charge in [0.25, 0.3) is 0 Å². The molecule has 0 aliphatic carbocycles. The first-order chi connectivity index (χ1) is 7.95. The summed E-state index contributed by atoms with van der Waals surface area (Å²) in [6.45, 7) is 16.6. The molecule has 0 aliphatic heterocycles. The Kier molecular flexibility index (Phi) is 11.3. The Balaban J connectivity index is 0. The largest absolute Gasteiger partial charge is 0.448 e. The van der Waals surface area contributed by atoms with Gasteiger partial charge in [0.15, 0.2) is 5.90 Å². The minimum atomic E-state index is 0.251. The normalized spacial score (nSPS) is 11.6. The van der Waals surface area contributed by atoms with E-state index in [1.807, 2.05) is 13.8 Å². The molecule has 0 heterocycles. The molecule has 0 spiro atoms. The summed E-state index contributed by atoms with van der Waals surface area (Å²) in [5, 5.41) is 0. The van der Waals surface area contributed by atoms with Crippen molar-refractivity contribution in [1.29, 1.82) is 0 Å². The second-order valence-corrected chi connectivity index (χ2v) is 4.70. The van der Waals surface area contributed by atoms with Crippen molar-refractivity contribution in [3.63, 3.8) is 0 Å². The van der Waals surface area contributed by atoms with Gasteiger partial charge >= 0.3 is 0 Å². The van der Waals surface area contributed by atoms with Crippen LogP contribution in [0.5, 0.6) is 0 Å². The number of allylic oxidation sites excluding steroid dienone is 1. The third-order valence-electron chi connectivity index (χ3n) is 2.63. The van der Waals surface area contributed by atoms with Gasteiger partial charge in [-0.2, -0.15) is 0 Å². The Morgan fingerprint density at radius 2 is 1.76 bits per heavy atom. The zero-order chi connectivity index (χ0) is 13.9. The number of hydrogen-bond acceptors (Lipinski definition) is 2. The van der Waals surface area contributed by atoms with Crippen LogP contribution in [0.1, 0.15) is 67.2 Å². The summed E-state index contributed by atoms with van der Waals surface area (Å²) >= 11 is 0. The maximum absolute atomic E-state index is 5.63. The lowest BCUT2D eigenvalue weighted by Crippen LogP contribution is -2.18. The molecule has 0 fully saturated rings. The van der Waals surface area contributed by atoms with E-state index in [-0.39, 0.29) is 5.41 Å².